The predicted molar refractivity (Wildman–Crippen MR) is 127 cm³/mol. The van der Waals surface area contributed by atoms with Gasteiger partial charge in [0.05, 0.1) is 6.04 Å². The van der Waals surface area contributed by atoms with E-state index in [2.05, 4.69) is 25.7 Å². The van der Waals surface area contributed by atoms with Crippen molar-refractivity contribution in [3.8, 4) is 11.1 Å². The first-order valence-corrected chi connectivity index (χ1v) is 12.4. The largest absolute Gasteiger partial charge is 0.480 e. The molecule has 3 atom stereocenters. The van der Waals surface area contributed by atoms with E-state index in [1.807, 2.05) is 0 Å². The summed E-state index contributed by atoms with van der Waals surface area (Å²) in [7, 11) is -4.47. The van der Waals surface area contributed by atoms with Crippen LogP contribution < -0.4 is 15.7 Å². The molecule has 0 aliphatic heterocycles. The molecule has 12 nitrogen and oxygen atoms in total. The number of carboxylic acid groups (broad SMARTS) is 1. The lowest BCUT2D eigenvalue weighted by Crippen LogP contribution is -2.50. The molecule has 0 fully saturated rings. The van der Waals surface area contributed by atoms with Crippen LogP contribution >= 0.6 is 7.75 Å². The molecule has 0 aliphatic rings. The number of benzene rings is 1. The number of hydrogen-bond acceptors (Lipinski definition) is 7. The van der Waals surface area contributed by atoms with Crippen molar-refractivity contribution in [2.24, 2.45) is 5.92 Å². The van der Waals surface area contributed by atoms with E-state index >= 15 is 0 Å². The fraction of sp³-hybridized carbons (Fsp3) is 0.409. The summed E-state index contributed by atoms with van der Waals surface area (Å²) in [5, 5.41) is 16.6. The molecular formula is C22H30N5O7P. The minimum absolute atomic E-state index is 0.00312. The summed E-state index contributed by atoms with van der Waals surface area (Å²) in [6, 6.07) is 4.60. The van der Waals surface area contributed by atoms with Gasteiger partial charge in [0.2, 0.25) is 11.8 Å². The normalized spacial score (nSPS) is 14.5. The molecule has 0 saturated heterocycles. The first-order chi connectivity index (χ1) is 16.5. The van der Waals surface area contributed by atoms with Gasteiger partial charge in [0.15, 0.2) is 0 Å². The van der Waals surface area contributed by atoms with Gasteiger partial charge in [-0.15, -0.1) is 0 Å². The molecule has 0 radical (unpaired) electrons. The lowest BCUT2D eigenvalue weighted by Gasteiger charge is -2.24. The third kappa shape index (κ3) is 9.91. The van der Waals surface area contributed by atoms with Crippen molar-refractivity contribution in [1.29, 1.82) is 0 Å². The van der Waals surface area contributed by atoms with Crippen molar-refractivity contribution >= 4 is 25.5 Å². The smallest absolute Gasteiger partial charge is 0.405 e. The van der Waals surface area contributed by atoms with Gasteiger partial charge in [0.25, 0.3) is 0 Å². The number of carbonyl (C=O) groups excluding carboxylic acids is 2. The zero-order valence-electron chi connectivity index (χ0n) is 19.7. The van der Waals surface area contributed by atoms with Crippen LogP contribution in [0.1, 0.15) is 32.8 Å². The fourth-order valence-electron chi connectivity index (χ4n) is 3.13. The quantitative estimate of drug-likeness (QED) is 0.197. The molecule has 2 amide bonds. The molecule has 1 heterocycles. The summed E-state index contributed by atoms with van der Waals surface area (Å²) in [5.41, 5.74) is 2.32. The van der Waals surface area contributed by atoms with Crippen LogP contribution in [-0.4, -0.2) is 56.6 Å². The van der Waals surface area contributed by atoms with E-state index in [1.165, 1.54) is 13.3 Å². The Hall–Kier alpha value is -3.18. The van der Waals surface area contributed by atoms with Crippen LogP contribution in [0.4, 0.5) is 0 Å². The fourth-order valence-corrected chi connectivity index (χ4v) is 4.07. The second-order valence-electron chi connectivity index (χ2n) is 8.27. The number of amides is 2. The van der Waals surface area contributed by atoms with E-state index in [-0.39, 0.29) is 18.8 Å². The highest BCUT2D eigenvalue weighted by molar-refractivity contribution is 7.50. The Kier molecular flexibility index (Phi) is 10.5. The summed E-state index contributed by atoms with van der Waals surface area (Å²) >= 11 is 0. The second-order valence-corrected chi connectivity index (χ2v) is 9.82. The van der Waals surface area contributed by atoms with E-state index in [0.717, 1.165) is 11.1 Å². The lowest BCUT2D eigenvalue weighted by atomic mass is 10.0. The van der Waals surface area contributed by atoms with E-state index in [1.54, 1.807) is 50.5 Å². The average Bonchev–Trinajstić information content (AvgIpc) is 2.78. The van der Waals surface area contributed by atoms with E-state index in [4.69, 9.17) is 4.52 Å². The zero-order valence-corrected chi connectivity index (χ0v) is 20.6. The highest BCUT2D eigenvalue weighted by Gasteiger charge is 2.32. The molecule has 0 saturated carbocycles. The van der Waals surface area contributed by atoms with E-state index in [0.29, 0.717) is 5.56 Å². The molecule has 0 spiro atoms. The Morgan fingerprint density at radius 3 is 2.23 bits per heavy atom. The highest BCUT2D eigenvalue weighted by Crippen LogP contribution is 2.37. The van der Waals surface area contributed by atoms with Crippen LogP contribution in [0.25, 0.3) is 11.1 Å². The van der Waals surface area contributed by atoms with Gasteiger partial charge in [-0.05, 0) is 23.5 Å². The highest BCUT2D eigenvalue weighted by atomic mass is 31.2. The second kappa shape index (κ2) is 13.1. The number of carbonyl (C=O) groups is 3. The molecule has 190 valence electrons. The molecule has 0 bridgehead atoms. The number of hydrogen-bond donors (Lipinski definition) is 5. The Labute approximate surface area is 203 Å². The monoisotopic (exact) mass is 507 g/mol. The topological polar surface area (TPSA) is 180 Å². The van der Waals surface area contributed by atoms with Gasteiger partial charge in [-0.1, -0.05) is 38.1 Å². The summed E-state index contributed by atoms with van der Waals surface area (Å²) in [5.74, 6) is -2.54. The van der Waals surface area contributed by atoms with Crippen LogP contribution in [-0.2, 0) is 29.9 Å². The van der Waals surface area contributed by atoms with Gasteiger partial charge in [-0.3, -0.25) is 14.1 Å². The molecule has 1 aromatic carbocycles. The van der Waals surface area contributed by atoms with Gasteiger partial charge < -0.3 is 20.6 Å². The van der Waals surface area contributed by atoms with Crippen LogP contribution in [0.5, 0.6) is 0 Å². The standard InChI is InChI=1S/C22H30N5O7P/c1-14(2)8-19(27-35(32,33)34-13-25-15(3)28)21(29)26-20(22(30)31)9-16-4-6-17(7-5-16)18-10-23-12-24-11-18/h4-7,10-12,14,19-20H,8-9,13H2,1-3H3,(H,25,28)(H,26,29)(H,30,31)(H2,27,32,33)/t19-,20-/m0/s1. The van der Waals surface area contributed by atoms with E-state index in [9.17, 15) is 28.9 Å². The summed E-state index contributed by atoms with van der Waals surface area (Å²) in [6.45, 7) is 4.28. The maximum Gasteiger partial charge on any atom is 0.405 e. The third-order valence-electron chi connectivity index (χ3n) is 4.81. The van der Waals surface area contributed by atoms with Gasteiger partial charge in [0.1, 0.15) is 19.1 Å². The number of aliphatic carboxylic acids is 1. The van der Waals surface area contributed by atoms with Crippen LogP contribution in [0.15, 0.2) is 43.0 Å². The molecule has 35 heavy (non-hydrogen) atoms. The maximum atomic E-state index is 12.9. The summed E-state index contributed by atoms with van der Waals surface area (Å²) in [4.78, 5) is 53.6. The molecule has 1 aromatic heterocycles. The minimum Gasteiger partial charge on any atom is -0.480 e. The maximum absolute atomic E-state index is 12.9. The summed E-state index contributed by atoms with van der Waals surface area (Å²) < 4.78 is 17.1. The molecule has 13 heteroatoms. The number of carboxylic acids is 1. The first kappa shape index (κ1) is 28.1. The number of aromatic nitrogens is 2. The van der Waals surface area contributed by atoms with E-state index < -0.39 is 44.3 Å². The summed E-state index contributed by atoms with van der Waals surface area (Å²) in [6.07, 6.45) is 4.87. The van der Waals surface area contributed by atoms with Crippen molar-refractivity contribution in [3.63, 3.8) is 0 Å². The first-order valence-electron chi connectivity index (χ1n) is 10.8. The van der Waals surface area contributed by atoms with Crippen molar-refractivity contribution < 1.29 is 33.5 Å². The molecule has 0 aliphatic carbocycles. The lowest BCUT2D eigenvalue weighted by molar-refractivity contribution is -0.142. The van der Waals surface area contributed by atoms with Crippen molar-refractivity contribution in [1.82, 2.24) is 25.7 Å². The van der Waals surface area contributed by atoms with Gasteiger partial charge >= 0.3 is 13.7 Å². The third-order valence-corrected chi connectivity index (χ3v) is 5.92. The zero-order chi connectivity index (χ0) is 26.0. The Morgan fingerprint density at radius 1 is 1.06 bits per heavy atom. The molecule has 1 unspecified atom stereocenters. The van der Waals surface area contributed by atoms with Crippen molar-refractivity contribution in [2.75, 3.05) is 6.73 Å². The van der Waals surface area contributed by atoms with Crippen molar-refractivity contribution in [3.05, 3.63) is 48.5 Å². The van der Waals surface area contributed by atoms with Gasteiger partial charge in [0, 0.05) is 31.3 Å². The molecular weight excluding hydrogens is 477 g/mol. The van der Waals surface area contributed by atoms with Crippen LogP contribution in [0.3, 0.4) is 0 Å². The predicted octanol–water partition coefficient (Wildman–Crippen LogP) is 1.47. The molecule has 2 aromatic rings. The van der Waals surface area contributed by atoms with Crippen molar-refractivity contribution in [2.45, 2.75) is 45.7 Å². The number of rotatable bonds is 13. The van der Waals surface area contributed by atoms with Crippen LogP contribution in [0, 0.1) is 5.92 Å². The SMILES string of the molecule is CC(=O)NCOP(=O)(O)N[C@@H](CC(C)C)C(=O)N[C@@H](Cc1ccc(-c2cncnc2)cc1)C(=O)O. The number of nitrogens with zero attached hydrogens (tertiary/aromatic N) is 2. The van der Waals surface area contributed by atoms with Gasteiger partial charge in [-0.25, -0.2) is 24.4 Å². The molecule has 2 rings (SSSR count). The Morgan fingerprint density at radius 2 is 1.69 bits per heavy atom. The minimum atomic E-state index is -4.47. The number of nitrogens with one attached hydrogen (secondary N) is 3. The van der Waals surface area contributed by atoms with Crippen LogP contribution in [0.2, 0.25) is 0 Å². The Balaban J connectivity index is 2.08. The molecule has 5 N–H and O–H groups in total. The van der Waals surface area contributed by atoms with Gasteiger partial charge in [-0.2, -0.15) is 0 Å². The average molecular weight is 507 g/mol. The Bertz CT molecular complexity index is 1050.